The van der Waals surface area contributed by atoms with Crippen LogP contribution < -0.4 is 0 Å². The van der Waals surface area contributed by atoms with E-state index in [2.05, 4.69) is 5.10 Å². The lowest BCUT2D eigenvalue weighted by Gasteiger charge is -2.05. The first kappa shape index (κ1) is 14.1. The Morgan fingerprint density at radius 3 is 2.67 bits per heavy atom. The zero-order valence-electron chi connectivity index (χ0n) is 11.1. The van der Waals surface area contributed by atoms with Crippen LogP contribution in [0.3, 0.4) is 0 Å². The summed E-state index contributed by atoms with van der Waals surface area (Å²) < 4.78 is 1.74. The van der Waals surface area contributed by atoms with Crippen LogP contribution >= 0.6 is 23.2 Å². The standard InChI is InChI=1S/C16H12Cl2N2O/c17-13-8-12-10-19-20(16(12)14(18)9-13)7-6-15(21)11-4-2-1-3-5-11/h1-5,8-10H,6-7H2. The zero-order valence-corrected chi connectivity index (χ0v) is 12.6. The molecule has 3 nitrogen and oxygen atoms in total. The number of ketones is 1. The second-order valence-electron chi connectivity index (χ2n) is 4.73. The van der Waals surface area contributed by atoms with Crippen molar-refractivity contribution in [2.24, 2.45) is 0 Å². The maximum Gasteiger partial charge on any atom is 0.164 e. The molecule has 5 heteroatoms. The minimum atomic E-state index is 0.0873. The summed E-state index contributed by atoms with van der Waals surface area (Å²) in [6, 6.07) is 12.7. The molecule has 0 unspecified atom stereocenters. The van der Waals surface area contributed by atoms with Gasteiger partial charge >= 0.3 is 0 Å². The molecule has 3 aromatic rings. The van der Waals surface area contributed by atoms with Gasteiger partial charge in [-0.15, -0.1) is 0 Å². The molecule has 0 saturated carbocycles. The van der Waals surface area contributed by atoms with Crippen molar-refractivity contribution in [3.8, 4) is 0 Å². The number of carbonyl (C=O) groups is 1. The summed E-state index contributed by atoms with van der Waals surface area (Å²) >= 11 is 12.2. The number of aryl methyl sites for hydroxylation is 1. The maximum absolute atomic E-state index is 12.1. The zero-order chi connectivity index (χ0) is 14.8. The molecule has 1 heterocycles. The van der Waals surface area contributed by atoms with Crippen molar-refractivity contribution in [2.45, 2.75) is 13.0 Å². The Kier molecular flexibility index (Phi) is 3.95. The summed E-state index contributed by atoms with van der Waals surface area (Å²) in [5.41, 5.74) is 1.52. The summed E-state index contributed by atoms with van der Waals surface area (Å²) in [6.07, 6.45) is 2.08. The van der Waals surface area contributed by atoms with Crippen LogP contribution in [-0.4, -0.2) is 15.6 Å². The molecule has 1 aromatic heterocycles. The van der Waals surface area contributed by atoms with Gasteiger partial charge in [0.25, 0.3) is 0 Å². The van der Waals surface area contributed by atoms with Gasteiger partial charge in [-0.25, -0.2) is 0 Å². The molecular weight excluding hydrogens is 307 g/mol. The summed E-state index contributed by atoms with van der Waals surface area (Å²) in [7, 11) is 0. The second-order valence-corrected chi connectivity index (χ2v) is 5.58. The molecule has 0 spiro atoms. The van der Waals surface area contributed by atoms with Crippen LogP contribution in [0.1, 0.15) is 16.8 Å². The molecule has 0 radical (unpaired) electrons. The SMILES string of the molecule is O=C(CCn1ncc2cc(Cl)cc(Cl)c21)c1ccccc1. The fraction of sp³-hybridized carbons (Fsp3) is 0.125. The lowest BCUT2D eigenvalue weighted by molar-refractivity contribution is 0.0976. The van der Waals surface area contributed by atoms with Crippen LogP contribution in [0.4, 0.5) is 0 Å². The maximum atomic E-state index is 12.1. The average molecular weight is 319 g/mol. The van der Waals surface area contributed by atoms with E-state index >= 15 is 0 Å². The number of carbonyl (C=O) groups excluding carboxylic acids is 1. The van der Waals surface area contributed by atoms with Gasteiger partial charge in [0, 0.05) is 28.9 Å². The van der Waals surface area contributed by atoms with Gasteiger partial charge in [0.15, 0.2) is 5.78 Å². The van der Waals surface area contributed by atoms with Gasteiger partial charge in [-0.05, 0) is 12.1 Å². The first-order valence-corrected chi connectivity index (χ1v) is 7.29. The third kappa shape index (κ3) is 2.94. The van der Waals surface area contributed by atoms with Crippen molar-refractivity contribution in [1.82, 2.24) is 9.78 Å². The van der Waals surface area contributed by atoms with Crippen LogP contribution in [0.5, 0.6) is 0 Å². The highest BCUT2D eigenvalue weighted by molar-refractivity contribution is 6.38. The lowest BCUT2D eigenvalue weighted by Crippen LogP contribution is -2.07. The molecule has 0 N–H and O–H groups in total. The first-order valence-electron chi connectivity index (χ1n) is 6.54. The molecule has 21 heavy (non-hydrogen) atoms. The Morgan fingerprint density at radius 2 is 1.90 bits per heavy atom. The smallest absolute Gasteiger partial charge is 0.164 e. The van der Waals surface area contributed by atoms with Crippen LogP contribution in [0.25, 0.3) is 10.9 Å². The van der Waals surface area contributed by atoms with Gasteiger partial charge in [-0.2, -0.15) is 5.10 Å². The number of Topliss-reactive ketones (excluding diaryl/α,β-unsaturated/α-hetero) is 1. The van der Waals surface area contributed by atoms with E-state index < -0.39 is 0 Å². The minimum Gasteiger partial charge on any atom is -0.294 e. The molecule has 0 aliphatic heterocycles. The third-order valence-corrected chi connectivity index (χ3v) is 3.80. The number of fused-ring (bicyclic) bond motifs is 1. The highest BCUT2D eigenvalue weighted by atomic mass is 35.5. The van der Waals surface area contributed by atoms with E-state index in [4.69, 9.17) is 23.2 Å². The highest BCUT2D eigenvalue weighted by Crippen LogP contribution is 2.27. The molecule has 106 valence electrons. The number of nitrogens with zero attached hydrogens (tertiary/aromatic N) is 2. The Bertz CT molecular complexity index is 797. The van der Waals surface area contributed by atoms with Crippen LogP contribution in [-0.2, 0) is 6.54 Å². The van der Waals surface area contributed by atoms with Crippen LogP contribution in [0.2, 0.25) is 10.0 Å². The van der Waals surface area contributed by atoms with Crippen molar-refractivity contribution >= 4 is 39.9 Å². The molecule has 0 saturated heterocycles. The van der Waals surface area contributed by atoms with Gasteiger partial charge in [0.05, 0.1) is 16.7 Å². The fourth-order valence-corrected chi connectivity index (χ4v) is 2.90. The van der Waals surface area contributed by atoms with Crippen LogP contribution in [0.15, 0.2) is 48.7 Å². The molecular formula is C16H12Cl2N2O. The van der Waals surface area contributed by atoms with E-state index in [9.17, 15) is 4.79 Å². The van der Waals surface area contributed by atoms with E-state index in [1.807, 2.05) is 36.4 Å². The van der Waals surface area contributed by atoms with E-state index in [0.717, 1.165) is 10.9 Å². The minimum absolute atomic E-state index is 0.0873. The van der Waals surface area contributed by atoms with Gasteiger partial charge in [-0.3, -0.25) is 9.48 Å². The molecule has 3 rings (SSSR count). The molecule has 0 bridgehead atoms. The highest BCUT2D eigenvalue weighted by Gasteiger charge is 2.11. The Balaban J connectivity index is 1.82. The third-order valence-electron chi connectivity index (χ3n) is 3.30. The molecule has 0 aliphatic carbocycles. The monoisotopic (exact) mass is 318 g/mol. The first-order chi connectivity index (χ1) is 10.1. The van der Waals surface area contributed by atoms with E-state index in [0.29, 0.717) is 28.6 Å². The number of halogens is 2. The van der Waals surface area contributed by atoms with Crippen molar-refractivity contribution in [3.63, 3.8) is 0 Å². The number of hydrogen-bond acceptors (Lipinski definition) is 2. The van der Waals surface area contributed by atoms with Gasteiger partial charge in [-0.1, -0.05) is 53.5 Å². The van der Waals surface area contributed by atoms with E-state index in [1.54, 1.807) is 16.9 Å². The average Bonchev–Trinajstić information content (AvgIpc) is 2.89. The Labute approximate surface area is 132 Å². The molecule has 0 fully saturated rings. The predicted octanol–water partition coefficient (Wildman–Crippen LogP) is 4.62. The normalized spacial score (nSPS) is 11.0. The van der Waals surface area contributed by atoms with Gasteiger partial charge < -0.3 is 0 Å². The number of aromatic nitrogens is 2. The van der Waals surface area contributed by atoms with E-state index in [1.165, 1.54) is 0 Å². The van der Waals surface area contributed by atoms with Crippen molar-refractivity contribution in [1.29, 1.82) is 0 Å². The Hall–Kier alpha value is -1.84. The fourth-order valence-electron chi connectivity index (χ4n) is 2.29. The van der Waals surface area contributed by atoms with E-state index in [-0.39, 0.29) is 5.78 Å². The van der Waals surface area contributed by atoms with Crippen molar-refractivity contribution < 1.29 is 4.79 Å². The molecule has 0 amide bonds. The number of hydrogen-bond donors (Lipinski definition) is 0. The lowest BCUT2D eigenvalue weighted by atomic mass is 10.1. The summed E-state index contributed by atoms with van der Waals surface area (Å²) in [6.45, 7) is 0.485. The summed E-state index contributed by atoms with van der Waals surface area (Å²) in [4.78, 5) is 12.1. The largest absolute Gasteiger partial charge is 0.294 e. The summed E-state index contributed by atoms with van der Waals surface area (Å²) in [5.74, 6) is 0.0873. The number of benzene rings is 2. The van der Waals surface area contributed by atoms with Gasteiger partial charge in [0.2, 0.25) is 0 Å². The number of rotatable bonds is 4. The topological polar surface area (TPSA) is 34.9 Å². The molecule has 2 aromatic carbocycles. The van der Waals surface area contributed by atoms with Crippen molar-refractivity contribution in [3.05, 3.63) is 64.3 Å². The second kappa shape index (κ2) is 5.88. The quantitative estimate of drug-likeness (QED) is 0.658. The van der Waals surface area contributed by atoms with Gasteiger partial charge in [0.1, 0.15) is 0 Å². The Morgan fingerprint density at radius 1 is 1.14 bits per heavy atom. The summed E-state index contributed by atoms with van der Waals surface area (Å²) in [5, 5.41) is 6.28. The molecule has 0 atom stereocenters. The predicted molar refractivity (Wildman–Crippen MR) is 85.1 cm³/mol. The van der Waals surface area contributed by atoms with Crippen LogP contribution in [0, 0.1) is 0 Å². The molecule has 0 aliphatic rings. The van der Waals surface area contributed by atoms with Crippen molar-refractivity contribution in [2.75, 3.05) is 0 Å².